The van der Waals surface area contributed by atoms with Gasteiger partial charge in [0.25, 0.3) is 5.91 Å². The van der Waals surface area contributed by atoms with E-state index in [0.717, 1.165) is 17.5 Å². The Morgan fingerprint density at radius 3 is 2.61 bits per heavy atom. The number of pyridine rings is 1. The van der Waals surface area contributed by atoms with Gasteiger partial charge >= 0.3 is 5.97 Å². The lowest BCUT2D eigenvalue weighted by Crippen LogP contribution is -2.51. The number of likely N-dealkylation sites (tertiary alicyclic amines) is 1. The largest absolute Gasteiger partial charge is 0.619 e. The van der Waals surface area contributed by atoms with Gasteiger partial charge in [-0.25, -0.2) is 0 Å². The first-order valence-corrected chi connectivity index (χ1v) is 9.65. The van der Waals surface area contributed by atoms with Crippen molar-refractivity contribution in [2.45, 2.75) is 33.1 Å². The van der Waals surface area contributed by atoms with E-state index in [9.17, 15) is 14.8 Å². The zero-order valence-corrected chi connectivity index (χ0v) is 16.4. The van der Waals surface area contributed by atoms with Crippen LogP contribution in [-0.4, -0.2) is 36.5 Å². The predicted molar refractivity (Wildman–Crippen MR) is 104 cm³/mol. The summed E-state index contributed by atoms with van der Waals surface area (Å²) in [6.45, 7) is 5.03. The first kappa shape index (κ1) is 19.9. The highest BCUT2D eigenvalue weighted by atomic mass is 16.5. The molecule has 1 aliphatic heterocycles. The van der Waals surface area contributed by atoms with Crippen LogP contribution >= 0.6 is 0 Å². The highest BCUT2D eigenvalue weighted by Gasteiger charge is 2.45. The molecule has 2 aromatic rings. The van der Waals surface area contributed by atoms with E-state index in [-0.39, 0.29) is 11.9 Å². The number of carbonyl (C=O) groups is 2. The fourth-order valence-corrected chi connectivity index (χ4v) is 3.88. The predicted octanol–water partition coefficient (Wildman–Crippen LogP) is 2.66. The number of benzene rings is 1. The number of aryl methyl sites for hydroxylation is 1. The molecule has 2 heterocycles. The Kier molecular flexibility index (Phi) is 5.97. The Morgan fingerprint density at radius 2 is 1.93 bits per heavy atom. The third kappa shape index (κ3) is 4.16. The summed E-state index contributed by atoms with van der Waals surface area (Å²) in [7, 11) is 0. The van der Waals surface area contributed by atoms with E-state index in [4.69, 9.17) is 4.74 Å². The van der Waals surface area contributed by atoms with E-state index in [2.05, 4.69) is 0 Å². The van der Waals surface area contributed by atoms with Crippen molar-refractivity contribution in [3.8, 4) is 0 Å². The number of piperidine rings is 1. The van der Waals surface area contributed by atoms with E-state index in [1.807, 2.05) is 31.2 Å². The average molecular weight is 382 g/mol. The lowest BCUT2D eigenvalue weighted by Gasteiger charge is -2.41. The number of aromatic nitrogens is 1. The number of hydrogen-bond donors (Lipinski definition) is 0. The van der Waals surface area contributed by atoms with E-state index < -0.39 is 5.41 Å². The maximum Gasteiger partial charge on any atom is 0.314 e. The molecule has 0 aliphatic carbocycles. The lowest BCUT2D eigenvalue weighted by molar-refractivity contribution is -0.605. The molecule has 1 aromatic carbocycles. The van der Waals surface area contributed by atoms with Crippen LogP contribution in [0, 0.1) is 17.5 Å². The van der Waals surface area contributed by atoms with Gasteiger partial charge in [-0.2, -0.15) is 4.73 Å². The van der Waals surface area contributed by atoms with Gasteiger partial charge in [-0.15, -0.1) is 0 Å². The maximum absolute atomic E-state index is 13.0. The summed E-state index contributed by atoms with van der Waals surface area (Å²) in [4.78, 5) is 27.7. The van der Waals surface area contributed by atoms with Gasteiger partial charge in [-0.05, 0) is 44.2 Å². The van der Waals surface area contributed by atoms with E-state index in [1.54, 1.807) is 11.8 Å². The van der Waals surface area contributed by atoms with E-state index in [0.29, 0.717) is 42.8 Å². The third-order valence-corrected chi connectivity index (χ3v) is 5.41. The number of rotatable bonds is 5. The van der Waals surface area contributed by atoms with Gasteiger partial charge in [0.15, 0.2) is 12.4 Å². The first-order chi connectivity index (χ1) is 13.4. The number of esters is 1. The quantitative estimate of drug-likeness (QED) is 0.453. The Hall–Kier alpha value is -2.89. The van der Waals surface area contributed by atoms with Gasteiger partial charge in [-0.3, -0.25) is 9.59 Å². The Bertz CT molecular complexity index is 850. The highest BCUT2D eigenvalue weighted by Crippen LogP contribution is 2.36. The molecule has 0 unspecified atom stereocenters. The van der Waals surface area contributed by atoms with Crippen molar-refractivity contribution in [1.29, 1.82) is 0 Å². The molecule has 0 bridgehead atoms. The topological polar surface area (TPSA) is 73.5 Å². The minimum atomic E-state index is -0.761. The Morgan fingerprint density at radius 1 is 1.21 bits per heavy atom. The summed E-state index contributed by atoms with van der Waals surface area (Å²) in [5, 5.41) is 11.3. The fraction of sp³-hybridized carbons (Fsp3) is 0.409. The van der Waals surface area contributed by atoms with Gasteiger partial charge in [0, 0.05) is 25.2 Å². The zero-order chi connectivity index (χ0) is 20.1. The molecule has 0 spiro atoms. The lowest BCUT2D eigenvalue weighted by atomic mass is 9.74. The Labute approximate surface area is 165 Å². The van der Waals surface area contributed by atoms with Gasteiger partial charge < -0.3 is 14.8 Å². The first-order valence-electron chi connectivity index (χ1n) is 9.65. The zero-order valence-electron chi connectivity index (χ0n) is 16.4. The van der Waals surface area contributed by atoms with Crippen LogP contribution in [-0.2, 0) is 16.0 Å². The Balaban J connectivity index is 1.89. The van der Waals surface area contributed by atoms with Crippen LogP contribution < -0.4 is 4.73 Å². The van der Waals surface area contributed by atoms with Crippen molar-refractivity contribution in [3.63, 3.8) is 0 Å². The second-order valence-corrected chi connectivity index (χ2v) is 7.38. The molecule has 6 nitrogen and oxygen atoms in total. The minimum Gasteiger partial charge on any atom is -0.619 e. The molecule has 1 fully saturated rings. The van der Waals surface area contributed by atoms with Crippen LogP contribution in [0.5, 0.6) is 0 Å². The average Bonchev–Trinajstić information content (AvgIpc) is 2.70. The molecule has 0 N–H and O–H groups in total. The van der Waals surface area contributed by atoms with Gasteiger partial charge in [0.1, 0.15) is 0 Å². The molecule has 6 heteroatoms. The summed E-state index contributed by atoms with van der Waals surface area (Å²) in [5.74, 6) is -0.417. The molecule has 3 rings (SSSR count). The number of ether oxygens (including phenoxy) is 1. The normalized spacial score (nSPS) is 19.3. The number of nitrogens with zero attached hydrogens (tertiary/aromatic N) is 2. The third-order valence-electron chi connectivity index (χ3n) is 5.41. The van der Waals surface area contributed by atoms with Crippen LogP contribution in [0.15, 0.2) is 48.8 Å². The summed E-state index contributed by atoms with van der Waals surface area (Å²) >= 11 is 0. The molecule has 1 aliphatic rings. The molecule has 1 saturated heterocycles. The molecule has 148 valence electrons. The SMILES string of the molecule is CCOC(=O)[C@@]1(Cc2ccccc2C)CCCN(C(=O)c2cc[n+]([O-])cc2)C1. The molecule has 0 radical (unpaired) electrons. The summed E-state index contributed by atoms with van der Waals surface area (Å²) in [5.41, 5.74) is 1.90. The smallest absolute Gasteiger partial charge is 0.314 e. The van der Waals surface area contributed by atoms with Crippen molar-refractivity contribution >= 4 is 11.9 Å². The van der Waals surface area contributed by atoms with Crippen molar-refractivity contribution in [2.75, 3.05) is 19.7 Å². The van der Waals surface area contributed by atoms with Crippen molar-refractivity contribution in [2.24, 2.45) is 5.41 Å². The van der Waals surface area contributed by atoms with Crippen LogP contribution in [0.1, 0.15) is 41.3 Å². The second-order valence-electron chi connectivity index (χ2n) is 7.38. The van der Waals surface area contributed by atoms with Gasteiger partial charge in [0.2, 0.25) is 0 Å². The fourth-order valence-electron chi connectivity index (χ4n) is 3.88. The second kappa shape index (κ2) is 8.42. The van der Waals surface area contributed by atoms with E-state index >= 15 is 0 Å². The molecule has 1 amide bonds. The molecule has 28 heavy (non-hydrogen) atoms. The van der Waals surface area contributed by atoms with Crippen LogP contribution in [0.25, 0.3) is 0 Å². The van der Waals surface area contributed by atoms with E-state index in [1.165, 1.54) is 24.5 Å². The monoisotopic (exact) mass is 382 g/mol. The van der Waals surface area contributed by atoms with Crippen LogP contribution in [0.4, 0.5) is 0 Å². The number of hydrogen-bond acceptors (Lipinski definition) is 4. The summed E-state index contributed by atoms with van der Waals surface area (Å²) in [6.07, 6.45) is 4.56. The number of carbonyl (C=O) groups excluding carboxylic acids is 2. The minimum absolute atomic E-state index is 0.168. The van der Waals surface area contributed by atoms with Crippen molar-refractivity contribution in [3.05, 3.63) is 70.7 Å². The molecule has 1 atom stereocenters. The summed E-state index contributed by atoms with van der Waals surface area (Å²) < 4.78 is 6.07. The number of amides is 1. The summed E-state index contributed by atoms with van der Waals surface area (Å²) in [6, 6.07) is 11.0. The van der Waals surface area contributed by atoms with Crippen LogP contribution in [0.2, 0.25) is 0 Å². The highest BCUT2D eigenvalue weighted by molar-refractivity contribution is 5.94. The molecular formula is C22H26N2O4. The maximum atomic E-state index is 13.0. The molecule has 0 saturated carbocycles. The van der Waals surface area contributed by atoms with Crippen LogP contribution in [0.3, 0.4) is 0 Å². The van der Waals surface area contributed by atoms with Gasteiger partial charge in [0.05, 0.1) is 17.6 Å². The molecule has 1 aromatic heterocycles. The standard InChI is InChI=1S/C22H26N2O4/c1-3-28-21(26)22(15-19-8-5-4-7-17(19)2)11-6-12-23(16-22)20(25)18-9-13-24(27)14-10-18/h4-5,7-10,13-14H,3,6,11-12,15-16H2,1-2H3/t22-/m1/s1. The molecular weight excluding hydrogens is 356 g/mol. The van der Waals surface area contributed by atoms with Crippen molar-refractivity contribution in [1.82, 2.24) is 4.90 Å². The van der Waals surface area contributed by atoms with Crippen molar-refractivity contribution < 1.29 is 19.1 Å². The van der Waals surface area contributed by atoms with Gasteiger partial charge in [-0.1, -0.05) is 24.3 Å².